The molecule has 1 amide bonds. The molecular formula is C29H31N5O6. The topological polar surface area (TPSA) is 138 Å². The number of rotatable bonds is 13. The summed E-state index contributed by atoms with van der Waals surface area (Å²) in [7, 11) is 1.60. The van der Waals surface area contributed by atoms with Gasteiger partial charge >= 0.3 is 0 Å². The number of phenolic OH excluding ortho intramolecular Hbond substituents is 1. The number of nitrogens with one attached hydrogen (secondary N) is 1. The summed E-state index contributed by atoms with van der Waals surface area (Å²) in [6.45, 7) is 4.24. The second-order valence-electron chi connectivity index (χ2n) is 8.93. The molecule has 1 aromatic heterocycles. The number of amides is 1. The van der Waals surface area contributed by atoms with E-state index in [1.54, 1.807) is 43.5 Å². The van der Waals surface area contributed by atoms with Crippen LogP contribution < -0.4 is 19.5 Å². The Morgan fingerprint density at radius 3 is 2.33 bits per heavy atom. The maximum absolute atomic E-state index is 12.8. The number of benzene rings is 3. The van der Waals surface area contributed by atoms with E-state index in [1.807, 2.05) is 31.2 Å². The van der Waals surface area contributed by atoms with E-state index in [0.717, 1.165) is 17.7 Å². The molecule has 4 rings (SSSR count). The first-order chi connectivity index (χ1) is 19.4. The number of phenols is 1. The van der Waals surface area contributed by atoms with E-state index in [1.165, 1.54) is 11.6 Å². The molecule has 0 radical (unpaired) electrons. The van der Waals surface area contributed by atoms with Crippen molar-refractivity contribution in [3.8, 4) is 23.0 Å². The van der Waals surface area contributed by atoms with Crippen LogP contribution in [0.1, 0.15) is 52.4 Å². The number of hydrogen-bond acceptors (Lipinski definition) is 9. The van der Waals surface area contributed by atoms with Crippen LogP contribution in [0.3, 0.4) is 0 Å². The third kappa shape index (κ3) is 6.93. The highest BCUT2D eigenvalue weighted by Gasteiger charge is 2.17. The van der Waals surface area contributed by atoms with Crippen LogP contribution in [0.25, 0.3) is 0 Å². The fourth-order valence-corrected chi connectivity index (χ4v) is 4.04. The minimum Gasteiger partial charge on any atom is -0.507 e. The fourth-order valence-electron chi connectivity index (χ4n) is 4.04. The summed E-state index contributed by atoms with van der Waals surface area (Å²) in [5.74, 6) is 1.27. The Morgan fingerprint density at radius 2 is 1.65 bits per heavy atom. The number of aromatic hydroxyl groups is 1. The minimum atomic E-state index is -0.442. The first-order valence-electron chi connectivity index (χ1n) is 12.8. The molecule has 0 saturated carbocycles. The SMILES string of the molecule is CCCc1c(OCCOc2ccc(NC(=O)c3nnnn3Cc3ccc(OC)cc3)cc2)ccc(C(C)=O)c1O. The third-order valence-corrected chi connectivity index (χ3v) is 6.07. The molecule has 0 aliphatic heterocycles. The number of Topliss-reactive ketones (excluding diaryl/α,β-unsaturated/α-hetero) is 1. The van der Waals surface area contributed by atoms with Crippen molar-refractivity contribution in [1.29, 1.82) is 0 Å². The number of methoxy groups -OCH3 is 1. The van der Waals surface area contributed by atoms with Crippen molar-refractivity contribution in [1.82, 2.24) is 20.2 Å². The maximum Gasteiger partial charge on any atom is 0.295 e. The number of ketones is 1. The smallest absolute Gasteiger partial charge is 0.295 e. The van der Waals surface area contributed by atoms with Gasteiger partial charge in [0.15, 0.2) is 5.78 Å². The van der Waals surface area contributed by atoms with E-state index in [4.69, 9.17) is 14.2 Å². The lowest BCUT2D eigenvalue weighted by molar-refractivity contribution is 0.100. The van der Waals surface area contributed by atoms with Gasteiger partial charge in [0.2, 0.25) is 5.82 Å². The van der Waals surface area contributed by atoms with Crippen LogP contribution in [0.15, 0.2) is 60.7 Å². The van der Waals surface area contributed by atoms with Crippen LogP contribution in [0, 0.1) is 0 Å². The fraction of sp³-hybridized carbons (Fsp3) is 0.276. The molecule has 0 bridgehead atoms. The number of carbonyl (C=O) groups is 2. The number of aromatic nitrogens is 4. The van der Waals surface area contributed by atoms with Gasteiger partial charge in [-0.05, 0) is 77.9 Å². The van der Waals surface area contributed by atoms with E-state index in [-0.39, 0.29) is 36.1 Å². The van der Waals surface area contributed by atoms with Crippen LogP contribution in [-0.4, -0.2) is 57.3 Å². The van der Waals surface area contributed by atoms with Gasteiger partial charge in [0, 0.05) is 11.3 Å². The molecule has 3 aromatic carbocycles. The number of ether oxygens (including phenoxy) is 3. The summed E-state index contributed by atoms with van der Waals surface area (Å²) in [6.07, 6.45) is 1.38. The van der Waals surface area contributed by atoms with Crippen molar-refractivity contribution in [3.63, 3.8) is 0 Å². The van der Waals surface area contributed by atoms with Crippen LogP contribution in [-0.2, 0) is 13.0 Å². The van der Waals surface area contributed by atoms with Gasteiger partial charge in [0.1, 0.15) is 36.2 Å². The Balaban J connectivity index is 1.29. The zero-order valence-electron chi connectivity index (χ0n) is 22.6. The minimum absolute atomic E-state index is 0.0276. The number of nitrogens with zero attached hydrogens (tertiary/aromatic N) is 4. The van der Waals surface area contributed by atoms with E-state index in [9.17, 15) is 14.7 Å². The molecule has 0 saturated heterocycles. The molecule has 0 spiro atoms. The standard InChI is InChI=1S/C29H31N5O6/c1-4-5-25-26(15-14-24(19(2)35)27(25)36)40-17-16-39-23-12-8-21(9-13-23)30-29(37)28-31-32-33-34(28)18-20-6-10-22(38-3)11-7-20/h6-15,36H,4-5,16-18H2,1-3H3,(H,30,37). The molecule has 208 valence electrons. The van der Waals surface area contributed by atoms with Gasteiger partial charge in [-0.1, -0.05) is 25.5 Å². The molecule has 2 N–H and O–H groups in total. The van der Waals surface area contributed by atoms with Crippen molar-refractivity contribution < 1.29 is 28.9 Å². The lowest BCUT2D eigenvalue weighted by atomic mass is 10.0. The summed E-state index contributed by atoms with van der Waals surface area (Å²) < 4.78 is 18.2. The second-order valence-corrected chi connectivity index (χ2v) is 8.93. The van der Waals surface area contributed by atoms with Gasteiger partial charge in [-0.2, -0.15) is 0 Å². The highest BCUT2D eigenvalue weighted by Crippen LogP contribution is 2.33. The molecule has 4 aromatic rings. The van der Waals surface area contributed by atoms with Crippen molar-refractivity contribution in [2.75, 3.05) is 25.6 Å². The van der Waals surface area contributed by atoms with Crippen LogP contribution in [0.2, 0.25) is 0 Å². The monoisotopic (exact) mass is 545 g/mol. The summed E-state index contributed by atoms with van der Waals surface area (Å²) >= 11 is 0. The second kappa shape index (κ2) is 13.2. The summed E-state index contributed by atoms with van der Waals surface area (Å²) in [6, 6.07) is 17.6. The first-order valence-corrected chi connectivity index (χ1v) is 12.8. The average molecular weight is 546 g/mol. The number of carbonyl (C=O) groups excluding carboxylic acids is 2. The van der Waals surface area contributed by atoms with E-state index in [0.29, 0.717) is 35.7 Å². The largest absolute Gasteiger partial charge is 0.507 e. The molecule has 0 unspecified atom stereocenters. The van der Waals surface area contributed by atoms with Crippen molar-refractivity contribution in [2.24, 2.45) is 0 Å². The van der Waals surface area contributed by atoms with Crippen molar-refractivity contribution >= 4 is 17.4 Å². The van der Waals surface area contributed by atoms with E-state index in [2.05, 4.69) is 20.8 Å². The Kier molecular flexibility index (Phi) is 9.29. The van der Waals surface area contributed by atoms with Crippen molar-refractivity contribution in [2.45, 2.75) is 33.2 Å². The highest BCUT2D eigenvalue weighted by atomic mass is 16.5. The summed E-state index contributed by atoms with van der Waals surface area (Å²) in [4.78, 5) is 24.5. The molecule has 40 heavy (non-hydrogen) atoms. The molecule has 11 heteroatoms. The van der Waals surface area contributed by atoms with Gasteiger partial charge < -0.3 is 24.6 Å². The van der Waals surface area contributed by atoms with E-state index < -0.39 is 5.91 Å². The molecule has 0 atom stereocenters. The third-order valence-electron chi connectivity index (χ3n) is 6.07. The maximum atomic E-state index is 12.8. The van der Waals surface area contributed by atoms with E-state index >= 15 is 0 Å². The van der Waals surface area contributed by atoms with Crippen molar-refractivity contribution in [3.05, 3.63) is 83.2 Å². The predicted octanol–water partition coefficient (Wildman–Crippen LogP) is 4.30. The summed E-state index contributed by atoms with van der Waals surface area (Å²) in [5.41, 5.74) is 2.37. The first kappa shape index (κ1) is 28.1. The Labute approximate surface area is 231 Å². The van der Waals surface area contributed by atoms with Crippen LogP contribution >= 0.6 is 0 Å². The average Bonchev–Trinajstić information content (AvgIpc) is 3.42. The van der Waals surface area contributed by atoms with Gasteiger partial charge in [-0.25, -0.2) is 4.68 Å². The lowest BCUT2D eigenvalue weighted by Crippen LogP contribution is -2.19. The number of anilines is 1. The van der Waals surface area contributed by atoms with Gasteiger partial charge in [0.05, 0.1) is 19.2 Å². The van der Waals surface area contributed by atoms with Crippen LogP contribution in [0.4, 0.5) is 5.69 Å². The van der Waals surface area contributed by atoms with Gasteiger partial charge in [-0.15, -0.1) is 5.10 Å². The molecule has 11 nitrogen and oxygen atoms in total. The lowest BCUT2D eigenvalue weighted by Gasteiger charge is -2.15. The zero-order valence-corrected chi connectivity index (χ0v) is 22.6. The van der Waals surface area contributed by atoms with Gasteiger partial charge in [0.25, 0.3) is 5.91 Å². The molecule has 0 aliphatic carbocycles. The molecule has 1 heterocycles. The Bertz CT molecular complexity index is 1450. The summed E-state index contributed by atoms with van der Waals surface area (Å²) in [5, 5.41) is 24.7. The molecule has 0 fully saturated rings. The Hall–Kier alpha value is -4.93. The predicted molar refractivity (Wildman–Crippen MR) is 147 cm³/mol. The molecule has 0 aliphatic rings. The normalized spacial score (nSPS) is 10.7. The van der Waals surface area contributed by atoms with Gasteiger partial charge in [-0.3, -0.25) is 9.59 Å². The van der Waals surface area contributed by atoms with Crippen LogP contribution in [0.5, 0.6) is 23.0 Å². The molecular weight excluding hydrogens is 514 g/mol. The quantitative estimate of drug-likeness (QED) is 0.186. The number of hydrogen-bond donors (Lipinski definition) is 2. The Morgan fingerprint density at radius 1 is 0.950 bits per heavy atom. The number of tetrazole rings is 1. The zero-order chi connectivity index (χ0) is 28.5. The highest BCUT2D eigenvalue weighted by molar-refractivity contribution is 6.01.